The molecular formula is C37H29O3P. The Bertz CT molecular complexity index is 1860. The summed E-state index contributed by atoms with van der Waals surface area (Å²) in [5.41, 5.74) is 7.21. The molecule has 0 aromatic heterocycles. The van der Waals surface area contributed by atoms with Crippen molar-refractivity contribution in [1.29, 1.82) is 0 Å². The minimum Gasteiger partial charge on any atom is -0.497 e. The van der Waals surface area contributed by atoms with Gasteiger partial charge in [-0.05, 0) is 69.3 Å². The molecule has 2 atom stereocenters. The largest absolute Gasteiger partial charge is 0.497 e. The van der Waals surface area contributed by atoms with Crippen LogP contribution in [0.25, 0.3) is 10.9 Å². The van der Waals surface area contributed by atoms with Crippen molar-refractivity contribution in [3.05, 3.63) is 173 Å². The van der Waals surface area contributed by atoms with Gasteiger partial charge in [0.15, 0.2) is 7.14 Å². The third-order valence-corrected chi connectivity index (χ3v) is 12.2. The van der Waals surface area contributed by atoms with Crippen molar-refractivity contribution in [2.45, 2.75) is 5.16 Å². The fourth-order valence-electron chi connectivity index (χ4n) is 6.65. The number of methoxy groups -OCH3 is 2. The highest BCUT2D eigenvalue weighted by Crippen LogP contribution is 2.82. The summed E-state index contributed by atoms with van der Waals surface area (Å²) < 4.78 is 27.8. The molecule has 0 N–H and O–H groups in total. The highest BCUT2D eigenvalue weighted by molar-refractivity contribution is 7.83. The summed E-state index contributed by atoms with van der Waals surface area (Å²) in [6, 6.07) is 44.9. The van der Waals surface area contributed by atoms with Gasteiger partial charge in [-0.1, -0.05) is 109 Å². The van der Waals surface area contributed by atoms with Crippen LogP contribution >= 0.6 is 7.14 Å². The highest BCUT2D eigenvalue weighted by Gasteiger charge is 2.63. The second-order valence-electron chi connectivity index (χ2n) is 10.3. The molecule has 0 radical (unpaired) electrons. The molecule has 0 fully saturated rings. The quantitative estimate of drug-likeness (QED) is 0.198. The fraction of sp³-hybridized carbons (Fsp3) is 0.0811. The van der Waals surface area contributed by atoms with E-state index in [4.69, 9.17) is 9.47 Å². The molecule has 4 heteroatoms. The van der Waals surface area contributed by atoms with Crippen LogP contribution in [0.5, 0.6) is 11.5 Å². The molecule has 0 saturated carbocycles. The van der Waals surface area contributed by atoms with Crippen molar-refractivity contribution >= 4 is 23.3 Å². The molecule has 5 aromatic rings. The zero-order valence-corrected chi connectivity index (χ0v) is 23.8. The summed E-state index contributed by atoms with van der Waals surface area (Å²) in [7, 11) is -0.0627. The Hall–Kier alpha value is -4.59. The lowest BCUT2D eigenvalue weighted by Crippen LogP contribution is -2.30. The van der Waals surface area contributed by atoms with Crippen LogP contribution in [0.3, 0.4) is 0 Å². The van der Waals surface area contributed by atoms with Crippen LogP contribution < -0.4 is 14.8 Å². The molecule has 1 aliphatic heterocycles. The minimum absolute atomic E-state index is 0.738. The molecule has 0 bridgehead atoms. The van der Waals surface area contributed by atoms with E-state index in [9.17, 15) is 0 Å². The van der Waals surface area contributed by atoms with Gasteiger partial charge in [-0.15, -0.1) is 0 Å². The van der Waals surface area contributed by atoms with Gasteiger partial charge in [-0.25, -0.2) is 0 Å². The minimum atomic E-state index is -3.42. The van der Waals surface area contributed by atoms with Gasteiger partial charge in [0.1, 0.15) is 16.7 Å². The Morgan fingerprint density at radius 1 is 0.610 bits per heavy atom. The van der Waals surface area contributed by atoms with E-state index in [2.05, 4.69) is 54.6 Å². The third-order valence-electron chi connectivity index (χ3n) is 8.40. The van der Waals surface area contributed by atoms with Crippen molar-refractivity contribution in [2.24, 2.45) is 0 Å². The molecule has 0 spiro atoms. The standard InChI is InChI=1S/C37H29O3P/c1-39-29-20-18-27(19-21-29)36-32-23-22-30(40-2)24-33(32)37(28-14-8-4-9-15-28)34(36)25-35(26-12-6-3-7-13-26)41(37,38)31-16-10-5-11-17-31/h3-25H,1-2H3/t37-,41+/m0/s1. The van der Waals surface area contributed by atoms with Crippen molar-refractivity contribution in [3.63, 3.8) is 0 Å². The van der Waals surface area contributed by atoms with Crippen molar-refractivity contribution < 1.29 is 14.0 Å². The first-order chi connectivity index (χ1) is 20.1. The fourth-order valence-corrected chi connectivity index (χ4v) is 10.6. The smallest absolute Gasteiger partial charge is 0.162 e. The molecule has 3 nitrogen and oxygen atoms in total. The van der Waals surface area contributed by atoms with Crippen LogP contribution in [0.15, 0.2) is 145 Å². The molecular weight excluding hydrogens is 523 g/mol. The number of allylic oxidation sites excluding steroid dienone is 2. The number of hydrogen-bond acceptors (Lipinski definition) is 3. The maximum atomic E-state index is 16.6. The van der Waals surface area contributed by atoms with E-state index < -0.39 is 12.3 Å². The molecule has 0 saturated heterocycles. The van der Waals surface area contributed by atoms with Crippen LogP contribution in [0, 0.1) is 0 Å². The molecule has 1 heterocycles. The first kappa shape index (κ1) is 25.4. The zero-order chi connectivity index (χ0) is 28.0. The van der Waals surface area contributed by atoms with Gasteiger partial charge in [0.2, 0.25) is 0 Å². The number of rotatable bonds is 6. The van der Waals surface area contributed by atoms with Gasteiger partial charge in [0, 0.05) is 10.6 Å². The van der Waals surface area contributed by atoms with Crippen LogP contribution in [0.2, 0.25) is 0 Å². The van der Waals surface area contributed by atoms with Gasteiger partial charge >= 0.3 is 0 Å². The second kappa shape index (κ2) is 9.80. The number of fused-ring (bicyclic) bond motifs is 3. The van der Waals surface area contributed by atoms with Gasteiger partial charge in [0.25, 0.3) is 0 Å². The predicted octanol–water partition coefficient (Wildman–Crippen LogP) is 8.51. The van der Waals surface area contributed by atoms with Crippen molar-refractivity contribution in [1.82, 2.24) is 0 Å². The Labute approximate surface area is 240 Å². The summed E-state index contributed by atoms with van der Waals surface area (Å²) in [4.78, 5) is 0. The van der Waals surface area contributed by atoms with Gasteiger partial charge in [-0.3, -0.25) is 0 Å². The Morgan fingerprint density at radius 2 is 1.20 bits per heavy atom. The molecule has 0 unspecified atom stereocenters. The molecule has 7 rings (SSSR count). The summed E-state index contributed by atoms with van der Waals surface area (Å²) in [6.45, 7) is 0. The first-order valence-electron chi connectivity index (χ1n) is 13.7. The van der Waals surface area contributed by atoms with E-state index in [0.717, 1.165) is 61.1 Å². The second-order valence-corrected chi connectivity index (χ2v) is 13.2. The number of benzene rings is 5. The van der Waals surface area contributed by atoms with Crippen LogP contribution in [-0.2, 0) is 9.72 Å². The number of ether oxygens (including phenoxy) is 2. The SMILES string of the molecule is COc1ccc(C2=C3C=C(c4ccccc4)[P@](=O)(c4ccccc4)[C@@]3(c3ccccc3)c3cc(OC)ccc32)cc1. The molecule has 0 amide bonds. The summed E-state index contributed by atoms with van der Waals surface area (Å²) in [5.74, 6) is 1.53. The molecule has 41 heavy (non-hydrogen) atoms. The summed E-state index contributed by atoms with van der Waals surface area (Å²) in [6.07, 6.45) is 2.21. The Balaban J connectivity index is 1.69. The van der Waals surface area contributed by atoms with Crippen LogP contribution in [0.1, 0.15) is 27.8 Å². The van der Waals surface area contributed by atoms with E-state index in [-0.39, 0.29) is 0 Å². The molecule has 200 valence electrons. The monoisotopic (exact) mass is 552 g/mol. The van der Waals surface area contributed by atoms with E-state index in [0.29, 0.717) is 0 Å². The van der Waals surface area contributed by atoms with Gasteiger partial charge in [-0.2, -0.15) is 0 Å². The average molecular weight is 553 g/mol. The zero-order valence-electron chi connectivity index (χ0n) is 23.0. The van der Waals surface area contributed by atoms with E-state index in [1.807, 2.05) is 84.9 Å². The lowest BCUT2D eigenvalue weighted by Gasteiger charge is -2.38. The Kier molecular flexibility index (Phi) is 6.07. The van der Waals surface area contributed by atoms with E-state index in [1.54, 1.807) is 14.2 Å². The van der Waals surface area contributed by atoms with E-state index in [1.165, 1.54) is 0 Å². The maximum Gasteiger partial charge on any atom is 0.162 e. The van der Waals surface area contributed by atoms with Gasteiger partial charge in [0.05, 0.1) is 14.2 Å². The average Bonchev–Trinajstić information content (AvgIpc) is 3.50. The maximum absolute atomic E-state index is 16.6. The summed E-state index contributed by atoms with van der Waals surface area (Å²) >= 11 is 0. The van der Waals surface area contributed by atoms with Crippen molar-refractivity contribution in [3.8, 4) is 11.5 Å². The lowest BCUT2D eigenvalue weighted by atomic mass is 9.86. The predicted molar refractivity (Wildman–Crippen MR) is 167 cm³/mol. The Morgan fingerprint density at radius 3 is 1.83 bits per heavy atom. The lowest BCUT2D eigenvalue weighted by molar-refractivity contribution is 0.414. The normalized spacial score (nSPS) is 20.8. The molecule has 2 aliphatic rings. The van der Waals surface area contributed by atoms with Crippen molar-refractivity contribution in [2.75, 3.05) is 14.2 Å². The van der Waals surface area contributed by atoms with E-state index >= 15 is 4.57 Å². The molecule has 5 aromatic carbocycles. The topological polar surface area (TPSA) is 35.5 Å². The van der Waals surface area contributed by atoms with Gasteiger partial charge < -0.3 is 14.0 Å². The first-order valence-corrected chi connectivity index (χ1v) is 15.4. The molecule has 1 aliphatic carbocycles. The number of hydrogen-bond donors (Lipinski definition) is 0. The highest BCUT2D eigenvalue weighted by atomic mass is 31.2. The van der Waals surface area contributed by atoms with Crippen LogP contribution in [0.4, 0.5) is 0 Å². The third kappa shape index (κ3) is 3.56. The summed E-state index contributed by atoms with van der Waals surface area (Å²) in [5, 5.41) is 0.751. The van der Waals surface area contributed by atoms with Crippen LogP contribution in [-0.4, -0.2) is 14.2 Å².